The zero-order chi connectivity index (χ0) is 21.5. The molecular weight excluding hydrogens is 420 g/mol. The summed E-state index contributed by atoms with van der Waals surface area (Å²) in [4.78, 5) is 34.0. The summed E-state index contributed by atoms with van der Waals surface area (Å²) in [6.07, 6.45) is 3.42. The number of carbonyl (C=O) groups excluding carboxylic acids is 1. The van der Waals surface area contributed by atoms with Crippen LogP contribution in [0.25, 0.3) is 17.1 Å². The van der Waals surface area contributed by atoms with Crippen molar-refractivity contribution >= 4 is 23.0 Å². The molecule has 5 rings (SSSR count). The minimum absolute atomic E-state index is 0.0369. The highest BCUT2D eigenvalue weighted by Gasteiger charge is 2.29. The summed E-state index contributed by atoms with van der Waals surface area (Å²) in [5, 5.41) is 9.10. The second-order valence-corrected chi connectivity index (χ2v) is 8.12. The minimum atomic E-state index is -0.234. The Kier molecular flexibility index (Phi) is 4.82. The van der Waals surface area contributed by atoms with E-state index in [0.29, 0.717) is 46.4 Å². The van der Waals surface area contributed by atoms with E-state index in [2.05, 4.69) is 20.2 Å². The lowest BCUT2D eigenvalue weighted by molar-refractivity contribution is 0.0703. The van der Waals surface area contributed by atoms with Crippen molar-refractivity contribution in [2.75, 3.05) is 13.1 Å². The summed E-state index contributed by atoms with van der Waals surface area (Å²) < 4.78 is 6.93. The molecule has 31 heavy (non-hydrogen) atoms. The molecule has 1 atom stereocenters. The van der Waals surface area contributed by atoms with Crippen LogP contribution in [0.3, 0.4) is 0 Å². The molecule has 1 aliphatic rings. The van der Waals surface area contributed by atoms with E-state index >= 15 is 0 Å². The topological polar surface area (TPSA) is 109 Å². The van der Waals surface area contributed by atoms with Gasteiger partial charge in [-0.3, -0.25) is 9.59 Å². The highest BCUT2D eigenvalue weighted by atomic mass is 35.5. The van der Waals surface area contributed by atoms with Crippen LogP contribution in [0.4, 0.5) is 0 Å². The quantitative estimate of drug-likeness (QED) is 0.526. The molecule has 4 heterocycles. The lowest BCUT2D eigenvalue weighted by Crippen LogP contribution is -2.39. The van der Waals surface area contributed by atoms with Crippen LogP contribution in [-0.2, 0) is 0 Å². The molecule has 10 heteroatoms. The van der Waals surface area contributed by atoms with Gasteiger partial charge in [-0.05, 0) is 44.0 Å². The van der Waals surface area contributed by atoms with Gasteiger partial charge in [0.25, 0.3) is 17.4 Å². The number of likely N-dealkylation sites (tertiary alicyclic amines) is 1. The number of piperidine rings is 1. The molecule has 1 N–H and O–H groups in total. The Labute approximate surface area is 181 Å². The predicted octanol–water partition coefficient (Wildman–Crippen LogP) is 3.05. The summed E-state index contributed by atoms with van der Waals surface area (Å²) >= 11 is 5.92. The molecule has 158 valence electrons. The first-order valence-corrected chi connectivity index (χ1v) is 10.3. The van der Waals surface area contributed by atoms with Crippen LogP contribution in [-0.4, -0.2) is 48.6 Å². The number of nitrogens with zero attached hydrogens (tertiary/aromatic N) is 5. The van der Waals surface area contributed by atoms with Crippen molar-refractivity contribution in [3.8, 4) is 11.6 Å². The van der Waals surface area contributed by atoms with Crippen molar-refractivity contribution in [2.24, 2.45) is 0 Å². The Hall–Kier alpha value is -3.46. The number of carbonyl (C=O) groups is 1. The SMILES string of the molecule is Cc1cn2nc(-c3nc([C@H]4CCCN(C(=O)c5ccc(Cl)cc5)C4)no3)cc2c(=O)[nH]1. The van der Waals surface area contributed by atoms with Crippen LogP contribution >= 0.6 is 11.6 Å². The van der Waals surface area contributed by atoms with E-state index in [1.54, 1.807) is 48.4 Å². The Morgan fingerprint density at radius 2 is 2.10 bits per heavy atom. The van der Waals surface area contributed by atoms with E-state index in [1.807, 2.05) is 0 Å². The molecule has 1 saturated heterocycles. The fourth-order valence-corrected chi connectivity index (χ4v) is 4.00. The minimum Gasteiger partial charge on any atom is -0.338 e. The van der Waals surface area contributed by atoms with E-state index in [4.69, 9.17) is 16.1 Å². The van der Waals surface area contributed by atoms with Gasteiger partial charge in [-0.25, -0.2) is 4.52 Å². The van der Waals surface area contributed by atoms with Gasteiger partial charge in [0, 0.05) is 47.6 Å². The van der Waals surface area contributed by atoms with E-state index in [1.165, 1.54) is 4.52 Å². The van der Waals surface area contributed by atoms with Gasteiger partial charge in [-0.15, -0.1) is 0 Å². The number of rotatable bonds is 3. The Morgan fingerprint density at radius 3 is 2.90 bits per heavy atom. The maximum Gasteiger partial charge on any atom is 0.278 e. The number of amides is 1. The molecule has 4 aromatic rings. The molecule has 1 aliphatic heterocycles. The molecular formula is C21H19ClN6O3. The highest BCUT2D eigenvalue weighted by molar-refractivity contribution is 6.30. The first kappa shape index (κ1) is 19.5. The van der Waals surface area contributed by atoms with E-state index in [0.717, 1.165) is 12.8 Å². The summed E-state index contributed by atoms with van der Waals surface area (Å²) in [5.41, 5.74) is 1.90. The zero-order valence-corrected chi connectivity index (χ0v) is 17.5. The molecule has 0 unspecified atom stereocenters. The fourth-order valence-electron chi connectivity index (χ4n) is 3.88. The number of nitrogens with one attached hydrogen (secondary N) is 1. The summed E-state index contributed by atoms with van der Waals surface area (Å²) in [5.74, 6) is 0.702. The van der Waals surface area contributed by atoms with Gasteiger partial charge in [-0.1, -0.05) is 16.8 Å². The third kappa shape index (κ3) is 3.72. The standard InChI is InChI=1S/C21H19ClN6O3/c1-12-10-28-17(19(29)23-12)9-16(25-28)20-24-18(26-31-20)14-3-2-8-27(11-14)21(30)13-4-6-15(22)7-5-13/h4-7,9-10,14H,2-3,8,11H2,1H3,(H,23,29)/t14-/m0/s1. The third-order valence-corrected chi connectivity index (χ3v) is 5.67. The second-order valence-electron chi connectivity index (χ2n) is 7.68. The van der Waals surface area contributed by atoms with Gasteiger partial charge in [0.15, 0.2) is 11.5 Å². The fraction of sp³-hybridized carbons (Fsp3) is 0.286. The number of hydrogen-bond acceptors (Lipinski definition) is 6. The van der Waals surface area contributed by atoms with E-state index in [9.17, 15) is 9.59 Å². The number of aromatic amines is 1. The van der Waals surface area contributed by atoms with Gasteiger partial charge < -0.3 is 14.4 Å². The second kappa shape index (κ2) is 7.66. The normalized spacial score (nSPS) is 16.7. The van der Waals surface area contributed by atoms with Crippen molar-refractivity contribution in [3.05, 3.63) is 69.0 Å². The molecule has 0 saturated carbocycles. The zero-order valence-electron chi connectivity index (χ0n) is 16.7. The van der Waals surface area contributed by atoms with Crippen molar-refractivity contribution < 1.29 is 9.32 Å². The smallest absolute Gasteiger partial charge is 0.278 e. The van der Waals surface area contributed by atoms with Gasteiger partial charge in [0.1, 0.15) is 5.52 Å². The molecule has 1 amide bonds. The number of halogens is 1. The van der Waals surface area contributed by atoms with Crippen LogP contribution in [0, 0.1) is 6.92 Å². The molecule has 1 fully saturated rings. The van der Waals surface area contributed by atoms with Crippen LogP contribution in [0.2, 0.25) is 5.02 Å². The summed E-state index contributed by atoms with van der Waals surface area (Å²) in [6.45, 7) is 2.97. The van der Waals surface area contributed by atoms with Gasteiger partial charge in [-0.2, -0.15) is 10.1 Å². The molecule has 0 radical (unpaired) electrons. The summed E-state index contributed by atoms with van der Waals surface area (Å²) in [6, 6.07) is 8.50. The first-order valence-electron chi connectivity index (χ1n) is 9.96. The van der Waals surface area contributed by atoms with Crippen LogP contribution < -0.4 is 5.56 Å². The third-order valence-electron chi connectivity index (χ3n) is 5.42. The maximum atomic E-state index is 12.8. The number of H-pyrrole nitrogens is 1. The van der Waals surface area contributed by atoms with Gasteiger partial charge in [0.05, 0.1) is 0 Å². The monoisotopic (exact) mass is 438 g/mol. The average Bonchev–Trinajstić information content (AvgIpc) is 3.41. The average molecular weight is 439 g/mol. The van der Waals surface area contributed by atoms with Gasteiger partial charge in [0.2, 0.25) is 0 Å². The van der Waals surface area contributed by atoms with Crippen molar-refractivity contribution in [2.45, 2.75) is 25.7 Å². The molecule has 0 aliphatic carbocycles. The molecule has 0 bridgehead atoms. The van der Waals surface area contributed by atoms with Gasteiger partial charge >= 0.3 is 0 Å². The molecule has 0 spiro atoms. The lowest BCUT2D eigenvalue weighted by Gasteiger charge is -2.31. The van der Waals surface area contributed by atoms with Crippen molar-refractivity contribution in [1.29, 1.82) is 0 Å². The van der Waals surface area contributed by atoms with Crippen LogP contribution in [0.5, 0.6) is 0 Å². The Morgan fingerprint density at radius 1 is 1.29 bits per heavy atom. The number of fused-ring (bicyclic) bond motifs is 1. The molecule has 3 aromatic heterocycles. The van der Waals surface area contributed by atoms with Crippen molar-refractivity contribution in [1.82, 2.24) is 29.6 Å². The molecule has 9 nitrogen and oxygen atoms in total. The van der Waals surface area contributed by atoms with E-state index in [-0.39, 0.29) is 23.3 Å². The van der Waals surface area contributed by atoms with Crippen molar-refractivity contribution in [3.63, 3.8) is 0 Å². The van der Waals surface area contributed by atoms with Crippen LogP contribution in [0.15, 0.2) is 45.8 Å². The number of benzene rings is 1. The maximum absolute atomic E-state index is 12.8. The first-order chi connectivity index (χ1) is 15.0. The number of aromatic nitrogens is 5. The Balaban J connectivity index is 1.37. The number of hydrogen-bond donors (Lipinski definition) is 1. The lowest BCUT2D eigenvalue weighted by atomic mass is 9.96. The highest BCUT2D eigenvalue weighted by Crippen LogP contribution is 2.28. The predicted molar refractivity (Wildman–Crippen MR) is 113 cm³/mol. The summed E-state index contributed by atoms with van der Waals surface area (Å²) in [7, 11) is 0. The van der Waals surface area contributed by atoms with E-state index < -0.39 is 0 Å². The Bertz CT molecular complexity index is 1320. The van der Waals surface area contributed by atoms with Crippen LogP contribution in [0.1, 0.15) is 40.6 Å². The molecule has 1 aromatic carbocycles. The number of aryl methyl sites for hydroxylation is 1. The largest absolute Gasteiger partial charge is 0.338 e.